The van der Waals surface area contributed by atoms with Gasteiger partial charge in [0.2, 0.25) is 0 Å². The summed E-state index contributed by atoms with van der Waals surface area (Å²) in [6, 6.07) is 2.27. The number of nitrogens with one attached hydrogen (secondary N) is 1. The first-order chi connectivity index (χ1) is 9.08. The number of aromatic nitrogens is 1. The average Bonchev–Trinajstić information content (AvgIpc) is 3.00. The molecule has 1 heterocycles. The van der Waals surface area contributed by atoms with Crippen molar-refractivity contribution in [1.29, 1.82) is 0 Å². The van der Waals surface area contributed by atoms with Crippen LogP contribution in [0.15, 0.2) is 16.7 Å². The maximum atomic E-state index is 12.6. The molecule has 0 aliphatic heterocycles. The topological polar surface area (TPSA) is 39.3 Å². The summed E-state index contributed by atoms with van der Waals surface area (Å²) < 4.78 is 0.926. The van der Waals surface area contributed by atoms with E-state index < -0.39 is 0 Å². The number of amides is 1. The minimum atomic E-state index is 0.124. The van der Waals surface area contributed by atoms with Gasteiger partial charge in [-0.2, -0.15) is 0 Å². The van der Waals surface area contributed by atoms with E-state index in [9.17, 15) is 4.79 Å². The highest BCUT2D eigenvalue weighted by molar-refractivity contribution is 9.10. The van der Waals surface area contributed by atoms with Crippen LogP contribution in [0.2, 0.25) is 0 Å². The summed E-state index contributed by atoms with van der Waals surface area (Å²) in [7, 11) is 4.09. The highest BCUT2D eigenvalue weighted by atomic mass is 79.9. The number of carbonyl (C=O) groups excluding carboxylic acids is 1. The zero-order chi connectivity index (χ0) is 13.8. The Kier molecular flexibility index (Phi) is 5.05. The molecule has 0 saturated heterocycles. The van der Waals surface area contributed by atoms with Crippen LogP contribution in [0.3, 0.4) is 0 Å². The largest absolute Gasteiger partial charge is 0.356 e. The Morgan fingerprint density at radius 1 is 1.37 bits per heavy atom. The van der Waals surface area contributed by atoms with Crippen LogP contribution in [0.5, 0.6) is 0 Å². The van der Waals surface area contributed by atoms with Crippen molar-refractivity contribution < 1.29 is 4.79 Å². The summed E-state index contributed by atoms with van der Waals surface area (Å²) in [6.07, 6.45) is 6.57. The molecule has 0 atom stereocenters. The second-order valence-electron chi connectivity index (χ2n) is 5.47. The lowest BCUT2D eigenvalue weighted by molar-refractivity contribution is 0.0662. The van der Waals surface area contributed by atoms with Crippen LogP contribution in [0.25, 0.3) is 0 Å². The van der Waals surface area contributed by atoms with Gasteiger partial charge in [-0.3, -0.25) is 4.79 Å². The number of aromatic amines is 1. The molecule has 1 aromatic heterocycles. The van der Waals surface area contributed by atoms with Crippen LogP contribution in [-0.2, 0) is 0 Å². The van der Waals surface area contributed by atoms with Crippen LogP contribution in [0.1, 0.15) is 36.2 Å². The van der Waals surface area contributed by atoms with E-state index in [4.69, 9.17) is 0 Å². The molecule has 5 heteroatoms. The van der Waals surface area contributed by atoms with Gasteiger partial charge in [0, 0.05) is 29.8 Å². The van der Waals surface area contributed by atoms with Gasteiger partial charge in [-0.05, 0) is 48.9 Å². The number of halogens is 1. The first kappa shape index (κ1) is 14.6. The standard InChI is InChI=1S/C14H22BrN3O/c1-17(2)7-8-18(12-5-3-4-6-12)14(19)13-9-11(15)10-16-13/h9-10,12,16H,3-8H2,1-2H3. The van der Waals surface area contributed by atoms with Crippen molar-refractivity contribution in [3.8, 4) is 0 Å². The zero-order valence-corrected chi connectivity index (χ0v) is 13.2. The molecular weight excluding hydrogens is 306 g/mol. The molecule has 1 fully saturated rings. The number of hydrogen-bond acceptors (Lipinski definition) is 2. The van der Waals surface area contributed by atoms with Crippen molar-refractivity contribution in [2.24, 2.45) is 0 Å². The number of H-pyrrole nitrogens is 1. The van der Waals surface area contributed by atoms with Gasteiger partial charge in [-0.15, -0.1) is 0 Å². The monoisotopic (exact) mass is 327 g/mol. The molecule has 0 radical (unpaired) electrons. The Morgan fingerprint density at radius 2 is 2.05 bits per heavy atom. The van der Waals surface area contributed by atoms with Gasteiger partial charge in [0.1, 0.15) is 5.69 Å². The normalized spacial score (nSPS) is 16.2. The van der Waals surface area contributed by atoms with E-state index >= 15 is 0 Å². The average molecular weight is 328 g/mol. The quantitative estimate of drug-likeness (QED) is 0.903. The summed E-state index contributed by atoms with van der Waals surface area (Å²) in [5, 5.41) is 0. The van der Waals surface area contributed by atoms with Crippen LogP contribution in [0.4, 0.5) is 0 Å². The molecule has 4 nitrogen and oxygen atoms in total. The maximum absolute atomic E-state index is 12.6. The highest BCUT2D eigenvalue weighted by Gasteiger charge is 2.27. The van der Waals surface area contributed by atoms with Crippen molar-refractivity contribution in [2.45, 2.75) is 31.7 Å². The predicted molar refractivity (Wildman–Crippen MR) is 80.3 cm³/mol. The Balaban J connectivity index is 2.09. The first-order valence-electron chi connectivity index (χ1n) is 6.87. The molecule has 1 aromatic rings. The molecule has 19 heavy (non-hydrogen) atoms. The van der Waals surface area contributed by atoms with E-state index in [0.29, 0.717) is 11.7 Å². The smallest absolute Gasteiger partial charge is 0.270 e. The molecule has 1 aliphatic carbocycles. The van der Waals surface area contributed by atoms with Gasteiger partial charge >= 0.3 is 0 Å². The summed E-state index contributed by atoms with van der Waals surface area (Å²) in [6.45, 7) is 1.71. The maximum Gasteiger partial charge on any atom is 0.270 e. The third kappa shape index (κ3) is 3.83. The molecular formula is C14H22BrN3O. The highest BCUT2D eigenvalue weighted by Crippen LogP contribution is 2.25. The van der Waals surface area contributed by atoms with Crippen LogP contribution in [-0.4, -0.2) is 53.9 Å². The van der Waals surface area contributed by atoms with Crippen molar-refractivity contribution in [2.75, 3.05) is 27.2 Å². The summed E-state index contributed by atoms with van der Waals surface area (Å²) >= 11 is 3.39. The van der Waals surface area contributed by atoms with Gasteiger partial charge in [0.05, 0.1) is 0 Å². The second kappa shape index (κ2) is 6.57. The Labute approximate surface area is 123 Å². The first-order valence-corrected chi connectivity index (χ1v) is 7.67. The fraction of sp³-hybridized carbons (Fsp3) is 0.643. The second-order valence-corrected chi connectivity index (χ2v) is 6.39. The lowest BCUT2D eigenvalue weighted by atomic mass is 10.2. The van der Waals surface area contributed by atoms with Crippen molar-refractivity contribution >= 4 is 21.8 Å². The minimum Gasteiger partial charge on any atom is -0.356 e. The van der Waals surface area contributed by atoms with Crippen LogP contribution in [0, 0.1) is 0 Å². The molecule has 0 aromatic carbocycles. The number of rotatable bonds is 5. The third-order valence-electron chi connectivity index (χ3n) is 3.69. The van der Waals surface area contributed by atoms with Crippen molar-refractivity contribution in [3.05, 3.63) is 22.4 Å². The fourth-order valence-corrected chi connectivity index (χ4v) is 2.96. The molecule has 2 rings (SSSR count). The Hall–Kier alpha value is -0.810. The summed E-state index contributed by atoms with van der Waals surface area (Å²) in [5.41, 5.74) is 0.678. The lowest BCUT2D eigenvalue weighted by Gasteiger charge is -2.29. The summed E-state index contributed by atoms with van der Waals surface area (Å²) in [5.74, 6) is 0.124. The van der Waals surface area contributed by atoms with Crippen LogP contribution < -0.4 is 0 Å². The molecule has 1 saturated carbocycles. The number of likely N-dealkylation sites (N-methyl/N-ethyl adjacent to an activating group) is 1. The number of carbonyl (C=O) groups is 1. The number of nitrogens with zero attached hydrogens (tertiary/aromatic N) is 2. The van der Waals surface area contributed by atoms with Gasteiger partial charge in [0.25, 0.3) is 5.91 Å². The van der Waals surface area contributed by atoms with Gasteiger partial charge < -0.3 is 14.8 Å². The fourth-order valence-electron chi connectivity index (χ4n) is 2.62. The molecule has 1 aliphatic rings. The molecule has 1 N–H and O–H groups in total. The third-order valence-corrected chi connectivity index (χ3v) is 4.15. The van der Waals surface area contributed by atoms with Gasteiger partial charge in [-0.25, -0.2) is 0 Å². The van der Waals surface area contributed by atoms with E-state index in [2.05, 4.69) is 25.8 Å². The van der Waals surface area contributed by atoms with E-state index in [1.54, 1.807) is 0 Å². The van der Waals surface area contributed by atoms with Crippen LogP contribution >= 0.6 is 15.9 Å². The molecule has 0 bridgehead atoms. The molecule has 106 valence electrons. The van der Waals surface area contributed by atoms with Gasteiger partial charge in [0.15, 0.2) is 0 Å². The van der Waals surface area contributed by atoms with Crippen molar-refractivity contribution in [1.82, 2.24) is 14.8 Å². The SMILES string of the molecule is CN(C)CCN(C(=O)c1cc(Br)c[nH]1)C1CCCC1. The summed E-state index contributed by atoms with van der Waals surface area (Å²) in [4.78, 5) is 19.8. The zero-order valence-electron chi connectivity index (χ0n) is 11.7. The molecule has 1 amide bonds. The minimum absolute atomic E-state index is 0.124. The Morgan fingerprint density at radius 3 is 2.58 bits per heavy atom. The predicted octanol–water partition coefficient (Wildman–Crippen LogP) is 2.72. The number of hydrogen-bond donors (Lipinski definition) is 1. The molecule has 0 spiro atoms. The van der Waals surface area contributed by atoms with E-state index in [1.807, 2.05) is 31.3 Å². The van der Waals surface area contributed by atoms with Crippen molar-refractivity contribution in [3.63, 3.8) is 0 Å². The Bertz CT molecular complexity index is 424. The van der Waals surface area contributed by atoms with E-state index in [-0.39, 0.29) is 5.91 Å². The van der Waals surface area contributed by atoms with Gasteiger partial charge in [-0.1, -0.05) is 12.8 Å². The lowest BCUT2D eigenvalue weighted by Crippen LogP contribution is -2.42. The van der Waals surface area contributed by atoms with E-state index in [1.165, 1.54) is 12.8 Å². The van der Waals surface area contributed by atoms with E-state index in [0.717, 1.165) is 30.4 Å². The molecule has 0 unspecified atom stereocenters.